The van der Waals surface area contributed by atoms with Crippen LogP contribution >= 0.6 is 11.8 Å². The van der Waals surface area contributed by atoms with Gasteiger partial charge in [-0.3, -0.25) is 14.5 Å². The molecule has 3 rings (SSSR count). The maximum absolute atomic E-state index is 12.3. The van der Waals surface area contributed by atoms with E-state index in [9.17, 15) is 14.4 Å². The highest BCUT2D eigenvalue weighted by atomic mass is 32.2. The smallest absolute Gasteiger partial charge is 0.321 e. The molecular weight excluding hydrogens is 314 g/mol. The molecule has 2 saturated heterocycles. The lowest BCUT2D eigenvalue weighted by Gasteiger charge is -2.35. The topological polar surface area (TPSA) is 69.7 Å². The normalized spacial score (nSPS) is 19.3. The third-order valence-electron chi connectivity index (χ3n) is 4.20. The first-order valence-corrected chi connectivity index (χ1v) is 8.64. The summed E-state index contributed by atoms with van der Waals surface area (Å²) in [5.41, 5.74) is 1.91. The number of imide groups is 1. The maximum Gasteiger partial charge on any atom is 0.321 e. The van der Waals surface area contributed by atoms with E-state index in [2.05, 4.69) is 5.32 Å². The van der Waals surface area contributed by atoms with Crippen LogP contribution in [0, 0.1) is 6.92 Å². The van der Waals surface area contributed by atoms with Crippen molar-refractivity contribution in [2.24, 2.45) is 0 Å². The van der Waals surface area contributed by atoms with Crippen molar-refractivity contribution in [2.75, 3.05) is 24.2 Å². The number of thioether (sulfide) groups is 1. The SMILES string of the molecule is Cc1ccc(NC(=O)N2CCC(N3C(=O)CSC3=O)CC2)cc1. The van der Waals surface area contributed by atoms with E-state index >= 15 is 0 Å². The lowest BCUT2D eigenvalue weighted by Crippen LogP contribution is -2.49. The summed E-state index contributed by atoms with van der Waals surface area (Å²) in [4.78, 5) is 38.9. The fraction of sp³-hybridized carbons (Fsp3) is 0.438. The molecule has 1 N–H and O–H groups in total. The van der Waals surface area contributed by atoms with Crippen LogP contribution in [0.5, 0.6) is 0 Å². The van der Waals surface area contributed by atoms with Gasteiger partial charge >= 0.3 is 6.03 Å². The van der Waals surface area contributed by atoms with Crippen LogP contribution in [-0.4, -0.2) is 51.9 Å². The highest BCUT2D eigenvalue weighted by Crippen LogP contribution is 2.26. The van der Waals surface area contributed by atoms with Gasteiger partial charge in [0.15, 0.2) is 0 Å². The Balaban J connectivity index is 1.54. The number of likely N-dealkylation sites (tertiary alicyclic amines) is 1. The van der Waals surface area contributed by atoms with Crippen LogP contribution in [0.4, 0.5) is 15.3 Å². The van der Waals surface area contributed by atoms with E-state index in [1.54, 1.807) is 4.90 Å². The second-order valence-electron chi connectivity index (χ2n) is 5.83. The van der Waals surface area contributed by atoms with Gasteiger partial charge in [0.05, 0.1) is 5.75 Å². The number of hydrogen-bond donors (Lipinski definition) is 1. The van der Waals surface area contributed by atoms with Gasteiger partial charge in [-0.05, 0) is 31.9 Å². The molecule has 4 amide bonds. The van der Waals surface area contributed by atoms with Gasteiger partial charge in [-0.15, -0.1) is 0 Å². The van der Waals surface area contributed by atoms with Gasteiger partial charge in [-0.25, -0.2) is 4.79 Å². The van der Waals surface area contributed by atoms with Crippen molar-refractivity contribution in [3.8, 4) is 0 Å². The molecule has 0 aliphatic carbocycles. The number of hydrogen-bond acceptors (Lipinski definition) is 4. The molecule has 0 atom stereocenters. The molecule has 23 heavy (non-hydrogen) atoms. The minimum absolute atomic E-state index is 0.0755. The van der Waals surface area contributed by atoms with Crippen molar-refractivity contribution < 1.29 is 14.4 Å². The number of carbonyl (C=O) groups is 3. The predicted octanol–water partition coefficient (Wildman–Crippen LogP) is 2.69. The summed E-state index contributed by atoms with van der Waals surface area (Å²) in [6.07, 6.45) is 1.28. The average molecular weight is 333 g/mol. The first kappa shape index (κ1) is 15.9. The van der Waals surface area contributed by atoms with Crippen molar-refractivity contribution in [1.82, 2.24) is 9.80 Å². The lowest BCUT2D eigenvalue weighted by molar-refractivity contribution is -0.126. The van der Waals surface area contributed by atoms with E-state index in [1.807, 2.05) is 31.2 Å². The second kappa shape index (κ2) is 6.62. The number of piperidine rings is 1. The standard InChI is InChI=1S/C16H19N3O3S/c1-11-2-4-12(5-3-11)17-15(21)18-8-6-13(7-9-18)19-14(20)10-23-16(19)22/h2-5,13H,6-10H2,1H3,(H,17,21). The Morgan fingerprint density at radius 2 is 1.83 bits per heavy atom. The van der Waals surface area contributed by atoms with E-state index in [1.165, 1.54) is 4.90 Å². The summed E-state index contributed by atoms with van der Waals surface area (Å²) >= 11 is 1.06. The zero-order chi connectivity index (χ0) is 16.4. The average Bonchev–Trinajstić information content (AvgIpc) is 2.88. The van der Waals surface area contributed by atoms with Gasteiger partial charge in [-0.2, -0.15) is 0 Å². The van der Waals surface area contributed by atoms with Crippen molar-refractivity contribution >= 4 is 34.6 Å². The quantitative estimate of drug-likeness (QED) is 0.903. The number of urea groups is 1. The first-order chi connectivity index (χ1) is 11.0. The monoisotopic (exact) mass is 333 g/mol. The number of amides is 4. The van der Waals surface area contributed by atoms with Crippen LogP contribution in [0.3, 0.4) is 0 Å². The molecule has 0 aromatic heterocycles. The Kier molecular flexibility index (Phi) is 4.56. The Labute approximate surface area is 139 Å². The number of nitrogens with zero attached hydrogens (tertiary/aromatic N) is 2. The summed E-state index contributed by atoms with van der Waals surface area (Å²) < 4.78 is 0. The van der Waals surface area contributed by atoms with Crippen LogP contribution < -0.4 is 5.32 Å². The zero-order valence-corrected chi connectivity index (χ0v) is 13.8. The summed E-state index contributed by atoms with van der Waals surface area (Å²) in [5.74, 6) is 0.134. The minimum atomic E-state index is -0.155. The summed E-state index contributed by atoms with van der Waals surface area (Å²) in [7, 11) is 0. The van der Waals surface area contributed by atoms with E-state index in [0.717, 1.165) is 23.0 Å². The van der Waals surface area contributed by atoms with E-state index in [0.29, 0.717) is 25.9 Å². The van der Waals surface area contributed by atoms with Gasteiger partial charge in [0.1, 0.15) is 0 Å². The Hall–Kier alpha value is -2.02. The maximum atomic E-state index is 12.3. The number of rotatable bonds is 2. The van der Waals surface area contributed by atoms with E-state index in [4.69, 9.17) is 0 Å². The van der Waals surface area contributed by atoms with Crippen molar-refractivity contribution in [2.45, 2.75) is 25.8 Å². The van der Waals surface area contributed by atoms with Gasteiger partial charge in [0.2, 0.25) is 5.91 Å². The molecule has 1 aromatic carbocycles. The molecule has 1 aromatic rings. The third kappa shape index (κ3) is 3.50. The van der Waals surface area contributed by atoms with Crippen LogP contribution in [0.15, 0.2) is 24.3 Å². The van der Waals surface area contributed by atoms with Crippen molar-refractivity contribution in [3.05, 3.63) is 29.8 Å². The van der Waals surface area contributed by atoms with Gasteiger partial charge in [0.25, 0.3) is 5.24 Å². The molecule has 2 fully saturated rings. The van der Waals surface area contributed by atoms with Gasteiger partial charge < -0.3 is 10.2 Å². The van der Waals surface area contributed by atoms with Crippen LogP contribution in [0.25, 0.3) is 0 Å². The number of carbonyl (C=O) groups excluding carboxylic acids is 3. The summed E-state index contributed by atoms with van der Waals surface area (Å²) in [6.45, 7) is 3.09. The molecule has 7 heteroatoms. The molecule has 0 bridgehead atoms. The largest absolute Gasteiger partial charge is 0.324 e. The van der Waals surface area contributed by atoms with Gasteiger partial charge in [-0.1, -0.05) is 29.5 Å². The second-order valence-corrected chi connectivity index (χ2v) is 6.76. The highest BCUT2D eigenvalue weighted by molar-refractivity contribution is 8.14. The third-order valence-corrected chi connectivity index (χ3v) is 5.04. The number of nitrogens with one attached hydrogen (secondary N) is 1. The summed E-state index contributed by atoms with van der Waals surface area (Å²) in [5, 5.41) is 2.72. The molecule has 0 radical (unpaired) electrons. The number of benzene rings is 1. The van der Waals surface area contributed by atoms with Crippen LogP contribution in [0.1, 0.15) is 18.4 Å². The molecule has 0 unspecified atom stereocenters. The molecule has 0 spiro atoms. The first-order valence-electron chi connectivity index (χ1n) is 7.66. The number of aryl methyl sites for hydroxylation is 1. The Morgan fingerprint density at radius 1 is 1.17 bits per heavy atom. The minimum Gasteiger partial charge on any atom is -0.324 e. The van der Waals surface area contributed by atoms with Crippen molar-refractivity contribution in [1.29, 1.82) is 0 Å². The fourth-order valence-electron chi connectivity index (χ4n) is 2.88. The Bertz CT molecular complexity index is 608. The Morgan fingerprint density at radius 3 is 2.39 bits per heavy atom. The van der Waals surface area contributed by atoms with Crippen LogP contribution in [0.2, 0.25) is 0 Å². The lowest BCUT2D eigenvalue weighted by atomic mass is 10.0. The van der Waals surface area contributed by atoms with Crippen molar-refractivity contribution in [3.63, 3.8) is 0 Å². The molecule has 2 heterocycles. The number of anilines is 1. The fourth-order valence-corrected chi connectivity index (χ4v) is 3.66. The van der Waals surface area contributed by atoms with E-state index < -0.39 is 0 Å². The molecule has 6 nitrogen and oxygen atoms in total. The molecule has 122 valence electrons. The molecule has 0 saturated carbocycles. The molecule has 2 aliphatic rings. The van der Waals surface area contributed by atoms with E-state index in [-0.39, 0.29) is 29.0 Å². The van der Waals surface area contributed by atoms with Gasteiger partial charge in [0, 0.05) is 24.8 Å². The predicted molar refractivity (Wildman–Crippen MR) is 89.5 cm³/mol. The molecule has 2 aliphatic heterocycles. The zero-order valence-electron chi connectivity index (χ0n) is 12.9. The summed E-state index contributed by atoms with van der Waals surface area (Å²) in [6, 6.07) is 7.43. The molecular formula is C16H19N3O3S. The van der Waals surface area contributed by atoms with Crippen LogP contribution in [-0.2, 0) is 4.79 Å². The highest BCUT2D eigenvalue weighted by Gasteiger charge is 2.37.